The molecule has 2 rings (SSSR count). The number of aliphatic hydroxyl groups is 1. The molecule has 0 saturated carbocycles. The first-order valence-corrected chi connectivity index (χ1v) is 5.81. The van der Waals surface area contributed by atoms with Crippen LogP contribution >= 0.6 is 7.82 Å². The van der Waals surface area contributed by atoms with Crippen LogP contribution in [0.4, 0.5) is 0 Å². The van der Waals surface area contributed by atoms with Crippen molar-refractivity contribution in [3.05, 3.63) is 0 Å². The first-order valence-electron chi connectivity index (χ1n) is 4.35. The molecule has 0 bridgehead atoms. The van der Waals surface area contributed by atoms with Gasteiger partial charge in [0.05, 0.1) is 12.7 Å². The first kappa shape index (κ1) is 10.5. The Morgan fingerprint density at radius 1 is 1.64 bits per heavy atom. The van der Waals surface area contributed by atoms with E-state index in [0.29, 0.717) is 0 Å². The topological polar surface area (TPSA) is 88.0 Å². The van der Waals surface area contributed by atoms with Gasteiger partial charge in [-0.15, -0.1) is 0 Å². The second kappa shape index (κ2) is 3.01. The van der Waals surface area contributed by atoms with Crippen molar-refractivity contribution in [2.75, 3.05) is 6.61 Å². The van der Waals surface area contributed by atoms with E-state index in [1.54, 1.807) is 13.8 Å². The van der Waals surface area contributed by atoms with Crippen LogP contribution in [-0.4, -0.2) is 35.6 Å². The minimum Gasteiger partial charge on any atom is -0.756 e. The molecule has 7 heteroatoms. The molecule has 2 aliphatic heterocycles. The summed E-state index contributed by atoms with van der Waals surface area (Å²) in [6.45, 7) is 3.01. The zero-order valence-electron chi connectivity index (χ0n) is 7.87. The lowest BCUT2D eigenvalue weighted by Crippen LogP contribution is -2.42. The van der Waals surface area contributed by atoms with E-state index in [-0.39, 0.29) is 6.61 Å². The second-order valence-corrected chi connectivity index (χ2v) is 5.04. The largest absolute Gasteiger partial charge is 0.756 e. The van der Waals surface area contributed by atoms with Gasteiger partial charge in [0.2, 0.25) is 0 Å². The van der Waals surface area contributed by atoms with E-state index in [1.165, 1.54) is 0 Å². The highest BCUT2D eigenvalue weighted by Gasteiger charge is 2.60. The number of ether oxygens (including phenoxy) is 1. The van der Waals surface area contributed by atoms with Gasteiger partial charge in [-0.25, -0.2) is 0 Å². The Morgan fingerprint density at radius 3 is 2.86 bits per heavy atom. The number of rotatable bonds is 1. The van der Waals surface area contributed by atoms with Crippen LogP contribution < -0.4 is 4.89 Å². The van der Waals surface area contributed by atoms with Gasteiger partial charge in [0.1, 0.15) is 17.8 Å². The molecule has 1 N–H and O–H groups in total. The standard InChI is InChI=1S/C7H13O6P/c1-4-7(2)6(5(3-8)11-4)12-14(9,10)13-7/h4-6,8H,3H2,1-2H3,(H,9,10)/p-1/t4-,5+,6-,7?/m0/s1. The van der Waals surface area contributed by atoms with E-state index in [2.05, 4.69) is 0 Å². The number of hydrogen-bond acceptors (Lipinski definition) is 6. The number of phosphoric acid groups is 1. The molecule has 2 aliphatic rings. The molecule has 0 amide bonds. The van der Waals surface area contributed by atoms with Gasteiger partial charge in [-0.2, -0.15) is 0 Å². The SMILES string of the molecule is C[C@@H]1O[C@H](CO)[C@@H]2OP(=O)([O-])OC12C. The van der Waals surface area contributed by atoms with Crippen LogP contribution in [-0.2, 0) is 18.3 Å². The third-order valence-corrected chi connectivity index (χ3v) is 3.92. The third kappa shape index (κ3) is 1.34. The summed E-state index contributed by atoms with van der Waals surface area (Å²) in [6.07, 6.45) is -1.81. The normalized spacial score (nSPS) is 57.6. The van der Waals surface area contributed by atoms with Crippen molar-refractivity contribution in [1.29, 1.82) is 0 Å². The highest BCUT2D eigenvalue weighted by molar-refractivity contribution is 7.46. The molecule has 2 fully saturated rings. The van der Waals surface area contributed by atoms with Crippen LogP contribution in [0.3, 0.4) is 0 Å². The summed E-state index contributed by atoms with van der Waals surface area (Å²) in [5.41, 5.74) is -1.01. The lowest BCUT2D eigenvalue weighted by atomic mass is 9.94. The zero-order valence-corrected chi connectivity index (χ0v) is 8.77. The molecular formula is C7H12O6P-. The lowest BCUT2D eigenvalue weighted by Gasteiger charge is -2.25. The van der Waals surface area contributed by atoms with Crippen molar-refractivity contribution in [2.24, 2.45) is 0 Å². The molecule has 0 aromatic carbocycles. The molecule has 0 spiro atoms. The third-order valence-electron chi connectivity index (χ3n) is 2.82. The average Bonchev–Trinajstić information content (AvgIpc) is 2.42. The van der Waals surface area contributed by atoms with Gasteiger partial charge in [-0.3, -0.25) is 4.57 Å². The van der Waals surface area contributed by atoms with Crippen LogP contribution in [0.1, 0.15) is 13.8 Å². The van der Waals surface area contributed by atoms with E-state index in [9.17, 15) is 9.46 Å². The van der Waals surface area contributed by atoms with Crippen LogP contribution in [0.25, 0.3) is 0 Å². The second-order valence-electron chi connectivity index (χ2n) is 3.75. The molecule has 82 valence electrons. The quantitative estimate of drug-likeness (QED) is 0.597. The summed E-state index contributed by atoms with van der Waals surface area (Å²) in [5, 5.41) is 8.96. The molecule has 6 nitrogen and oxygen atoms in total. The average molecular weight is 223 g/mol. The van der Waals surface area contributed by atoms with E-state index < -0.39 is 31.7 Å². The Kier molecular flexibility index (Phi) is 2.27. The number of hydrogen-bond donors (Lipinski definition) is 1. The van der Waals surface area contributed by atoms with Gasteiger partial charge in [-0.05, 0) is 13.8 Å². The number of fused-ring (bicyclic) bond motifs is 1. The van der Waals surface area contributed by atoms with E-state index in [4.69, 9.17) is 18.9 Å². The maximum Gasteiger partial charge on any atom is 0.269 e. The fourth-order valence-corrected chi connectivity index (χ4v) is 3.31. The monoisotopic (exact) mass is 223 g/mol. The van der Waals surface area contributed by atoms with Crippen LogP contribution in [0.5, 0.6) is 0 Å². The predicted molar refractivity (Wildman–Crippen MR) is 43.4 cm³/mol. The lowest BCUT2D eigenvalue weighted by molar-refractivity contribution is -0.223. The smallest absolute Gasteiger partial charge is 0.269 e. The molecule has 0 aromatic heterocycles. The Morgan fingerprint density at radius 2 is 2.29 bits per heavy atom. The van der Waals surface area contributed by atoms with Gasteiger partial charge in [0.25, 0.3) is 7.82 Å². The van der Waals surface area contributed by atoms with Gasteiger partial charge in [0.15, 0.2) is 0 Å². The maximum atomic E-state index is 11.1. The van der Waals surface area contributed by atoms with E-state index in [1.807, 2.05) is 0 Å². The molecule has 14 heavy (non-hydrogen) atoms. The van der Waals surface area contributed by atoms with Gasteiger partial charge in [-0.1, -0.05) is 0 Å². The van der Waals surface area contributed by atoms with E-state index >= 15 is 0 Å². The number of phosphoric ester groups is 1. The molecule has 2 unspecified atom stereocenters. The van der Waals surface area contributed by atoms with Crippen LogP contribution in [0.2, 0.25) is 0 Å². The van der Waals surface area contributed by atoms with Gasteiger partial charge in [0, 0.05) is 0 Å². The van der Waals surface area contributed by atoms with Crippen LogP contribution in [0.15, 0.2) is 0 Å². The predicted octanol–water partition coefficient (Wildman–Crippen LogP) is -0.592. The summed E-state index contributed by atoms with van der Waals surface area (Å²) >= 11 is 0. The summed E-state index contributed by atoms with van der Waals surface area (Å²) in [7, 11) is -4.22. The summed E-state index contributed by atoms with van der Waals surface area (Å²) in [5.74, 6) is 0. The minimum absolute atomic E-state index is 0.284. The summed E-state index contributed by atoms with van der Waals surface area (Å²) < 4.78 is 26.0. The van der Waals surface area contributed by atoms with Crippen molar-refractivity contribution in [3.8, 4) is 0 Å². The Balaban J connectivity index is 2.30. The van der Waals surface area contributed by atoms with Crippen molar-refractivity contribution in [1.82, 2.24) is 0 Å². The molecular weight excluding hydrogens is 211 g/mol. The highest BCUT2D eigenvalue weighted by Crippen LogP contribution is 2.58. The summed E-state index contributed by atoms with van der Waals surface area (Å²) in [6, 6.07) is 0. The van der Waals surface area contributed by atoms with E-state index in [0.717, 1.165) is 0 Å². The van der Waals surface area contributed by atoms with Crippen molar-refractivity contribution in [3.63, 3.8) is 0 Å². The highest BCUT2D eigenvalue weighted by atomic mass is 31.2. The Hall–Kier alpha value is 0.0300. The Bertz CT molecular complexity index is 294. The van der Waals surface area contributed by atoms with Gasteiger partial charge >= 0.3 is 0 Å². The molecule has 2 heterocycles. The first-order chi connectivity index (χ1) is 6.39. The molecule has 0 aromatic rings. The van der Waals surface area contributed by atoms with Gasteiger partial charge < -0.3 is 23.8 Å². The Labute approximate surface area is 81.4 Å². The van der Waals surface area contributed by atoms with Crippen molar-refractivity contribution < 1.29 is 28.3 Å². The fraction of sp³-hybridized carbons (Fsp3) is 1.00. The molecule has 0 radical (unpaired) electrons. The zero-order chi connectivity index (χ0) is 10.6. The molecule has 2 saturated heterocycles. The maximum absolute atomic E-state index is 11.1. The fourth-order valence-electron chi connectivity index (χ4n) is 1.91. The minimum atomic E-state index is -4.22. The molecule has 0 aliphatic carbocycles. The summed E-state index contributed by atoms with van der Waals surface area (Å²) in [4.78, 5) is 11.1. The van der Waals surface area contributed by atoms with Crippen molar-refractivity contribution >= 4 is 7.82 Å². The van der Waals surface area contributed by atoms with Crippen LogP contribution in [0, 0.1) is 0 Å². The molecule has 5 atom stereocenters. The number of aliphatic hydroxyl groups excluding tert-OH is 1. The van der Waals surface area contributed by atoms with Crippen molar-refractivity contribution in [2.45, 2.75) is 37.8 Å².